The average molecular weight is 248 g/mol. The number of aryl methyl sites for hydroxylation is 1. The van der Waals surface area contributed by atoms with E-state index in [2.05, 4.69) is 69.5 Å². The number of hydrogen-bond donors (Lipinski definition) is 1. The number of aromatic nitrogens is 4. The third-order valence-corrected chi connectivity index (χ3v) is 3.62. The highest BCUT2D eigenvalue weighted by Crippen LogP contribution is 2.30. The Balaban J connectivity index is 2.11. The second-order valence-electron chi connectivity index (χ2n) is 4.66. The van der Waals surface area contributed by atoms with Crippen molar-refractivity contribution in [2.24, 2.45) is 7.05 Å². The molecule has 0 saturated heterocycles. The molecule has 4 nitrogen and oxygen atoms in total. The molecule has 0 amide bonds. The van der Waals surface area contributed by atoms with Crippen LogP contribution in [0.3, 0.4) is 0 Å². The fourth-order valence-electron chi connectivity index (χ4n) is 2.67. The summed E-state index contributed by atoms with van der Waals surface area (Å²) in [6.07, 6.45) is 1.74. The Labute approximate surface area is 109 Å². The van der Waals surface area contributed by atoms with Crippen LogP contribution in [0.4, 0.5) is 0 Å². The van der Waals surface area contributed by atoms with Crippen LogP contribution in [0.15, 0.2) is 48.7 Å². The van der Waals surface area contributed by atoms with Crippen LogP contribution in [-0.4, -0.2) is 20.0 Å². The lowest BCUT2D eigenvalue weighted by Crippen LogP contribution is -1.86. The van der Waals surface area contributed by atoms with Gasteiger partial charge in [-0.2, -0.15) is 15.4 Å². The van der Waals surface area contributed by atoms with Crippen molar-refractivity contribution in [1.82, 2.24) is 20.0 Å². The van der Waals surface area contributed by atoms with Gasteiger partial charge in [0.2, 0.25) is 0 Å². The van der Waals surface area contributed by atoms with E-state index in [0.29, 0.717) is 0 Å². The molecule has 19 heavy (non-hydrogen) atoms. The van der Waals surface area contributed by atoms with Crippen LogP contribution in [0.1, 0.15) is 0 Å². The Morgan fingerprint density at radius 2 is 1.84 bits per heavy atom. The molecule has 4 heteroatoms. The summed E-state index contributed by atoms with van der Waals surface area (Å²) in [5.74, 6) is 0. The molecule has 2 aromatic heterocycles. The summed E-state index contributed by atoms with van der Waals surface area (Å²) in [5, 5.41) is 13.2. The number of rotatable bonds is 1. The van der Waals surface area contributed by atoms with Crippen LogP contribution in [-0.2, 0) is 7.05 Å². The van der Waals surface area contributed by atoms with Gasteiger partial charge in [-0.25, -0.2) is 0 Å². The molecule has 0 bridgehead atoms. The quantitative estimate of drug-likeness (QED) is 0.562. The molecule has 4 rings (SSSR count). The molecule has 0 atom stereocenters. The summed E-state index contributed by atoms with van der Waals surface area (Å²) in [7, 11) is 2.10. The molecule has 4 aromatic rings. The van der Waals surface area contributed by atoms with E-state index in [-0.39, 0.29) is 0 Å². The number of H-pyrrole nitrogens is 1. The van der Waals surface area contributed by atoms with Crippen molar-refractivity contribution in [3.8, 4) is 11.3 Å². The molecular weight excluding hydrogens is 236 g/mol. The number of benzene rings is 2. The van der Waals surface area contributed by atoms with Gasteiger partial charge in [-0.3, -0.25) is 0 Å². The van der Waals surface area contributed by atoms with Crippen molar-refractivity contribution in [1.29, 1.82) is 0 Å². The zero-order chi connectivity index (χ0) is 12.8. The molecule has 0 aliphatic heterocycles. The van der Waals surface area contributed by atoms with Gasteiger partial charge < -0.3 is 4.57 Å². The van der Waals surface area contributed by atoms with E-state index >= 15 is 0 Å². The second-order valence-corrected chi connectivity index (χ2v) is 4.66. The second kappa shape index (κ2) is 3.68. The van der Waals surface area contributed by atoms with E-state index in [1.165, 1.54) is 21.8 Å². The maximum atomic E-state index is 4.14. The van der Waals surface area contributed by atoms with Gasteiger partial charge in [-0.1, -0.05) is 24.3 Å². The van der Waals surface area contributed by atoms with Crippen LogP contribution < -0.4 is 0 Å². The smallest absolute Gasteiger partial charge is 0.112 e. The number of hydrogen-bond acceptors (Lipinski definition) is 2. The van der Waals surface area contributed by atoms with Crippen molar-refractivity contribution >= 4 is 21.8 Å². The fraction of sp³-hybridized carbons (Fsp3) is 0.0667. The highest BCUT2D eigenvalue weighted by molar-refractivity contribution is 6.09. The molecule has 0 radical (unpaired) electrons. The minimum atomic E-state index is 0.870. The van der Waals surface area contributed by atoms with Gasteiger partial charge >= 0.3 is 0 Å². The number of aromatic amines is 1. The Morgan fingerprint density at radius 3 is 2.68 bits per heavy atom. The highest BCUT2D eigenvalue weighted by atomic mass is 15.3. The lowest BCUT2D eigenvalue weighted by atomic mass is 10.1. The standard InChI is InChI=1S/C15H12N4/c1-19-14-5-3-2-4-11(14)12-8-10(6-7-15(12)19)13-9-16-18-17-13/h2-9H,1H3,(H,16,17,18). The van der Waals surface area contributed by atoms with Gasteiger partial charge in [-0.05, 0) is 18.2 Å². The van der Waals surface area contributed by atoms with Crippen molar-refractivity contribution < 1.29 is 0 Å². The molecule has 0 aliphatic carbocycles. The van der Waals surface area contributed by atoms with E-state index in [1.54, 1.807) is 6.20 Å². The van der Waals surface area contributed by atoms with E-state index < -0.39 is 0 Å². The van der Waals surface area contributed by atoms with Crippen LogP contribution >= 0.6 is 0 Å². The molecule has 2 aromatic carbocycles. The predicted octanol–water partition coefficient (Wildman–Crippen LogP) is 3.12. The molecule has 0 aliphatic rings. The summed E-state index contributed by atoms with van der Waals surface area (Å²) in [4.78, 5) is 0. The minimum Gasteiger partial charge on any atom is -0.344 e. The molecular formula is C15H12N4. The minimum absolute atomic E-state index is 0.870. The molecule has 1 N–H and O–H groups in total. The molecule has 0 fully saturated rings. The molecule has 0 saturated carbocycles. The number of nitrogens with zero attached hydrogens (tertiary/aromatic N) is 3. The van der Waals surface area contributed by atoms with Crippen LogP contribution in [0, 0.1) is 0 Å². The Bertz CT molecular complexity index is 872. The summed E-state index contributed by atoms with van der Waals surface area (Å²) >= 11 is 0. The first-order valence-electron chi connectivity index (χ1n) is 6.18. The van der Waals surface area contributed by atoms with E-state index in [0.717, 1.165) is 11.3 Å². The largest absolute Gasteiger partial charge is 0.344 e. The van der Waals surface area contributed by atoms with E-state index in [4.69, 9.17) is 0 Å². The van der Waals surface area contributed by atoms with Gasteiger partial charge in [0.05, 0.1) is 6.20 Å². The van der Waals surface area contributed by atoms with Gasteiger partial charge in [0.1, 0.15) is 5.69 Å². The predicted molar refractivity (Wildman–Crippen MR) is 75.8 cm³/mol. The molecule has 0 unspecified atom stereocenters. The normalized spacial score (nSPS) is 11.4. The summed E-state index contributed by atoms with van der Waals surface area (Å²) in [6.45, 7) is 0. The fourth-order valence-corrected chi connectivity index (χ4v) is 2.67. The van der Waals surface area contributed by atoms with Crippen LogP contribution in [0.5, 0.6) is 0 Å². The summed E-state index contributed by atoms with van der Waals surface area (Å²) in [6, 6.07) is 14.8. The lowest BCUT2D eigenvalue weighted by Gasteiger charge is -1.99. The zero-order valence-electron chi connectivity index (χ0n) is 10.5. The number of fused-ring (bicyclic) bond motifs is 3. The SMILES string of the molecule is Cn1c2ccccc2c2cc(-c3cn[nH]n3)ccc21. The number of nitrogens with one attached hydrogen (secondary N) is 1. The van der Waals surface area contributed by atoms with Crippen LogP contribution in [0.25, 0.3) is 33.1 Å². The topological polar surface area (TPSA) is 46.5 Å². The van der Waals surface area contributed by atoms with Crippen molar-refractivity contribution in [2.75, 3.05) is 0 Å². The first kappa shape index (κ1) is 10.3. The molecule has 92 valence electrons. The third-order valence-electron chi connectivity index (χ3n) is 3.62. The Kier molecular flexibility index (Phi) is 2.00. The molecule has 0 spiro atoms. The van der Waals surface area contributed by atoms with Crippen molar-refractivity contribution in [2.45, 2.75) is 0 Å². The maximum absolute atomic E-state index is 4.14. The van der Waals surface area contributed by atoms with Gasteiger partial charge in [-0.15, -0.1) is 0 Å². The Hall–Kier alpha value is -2.62. The third kappa shape index (κ3) is 1.40. The Morgan fingerprint density at radius 1 is 1.00 bits per heavy atom. The average Bonchev–Trinajstić information content (AvgIpc) is 3.08. The zero-order valence-corrected chi connectivity index (χ0v) is 10.5. The highest BCUT2D eigenvalue weighted by Gasteiger charge is 2.09. The van der Waals surface area contributed by atoms with E-state index in [9.17, 15) is 0 Å². The van der Waals surface area contributed by atoms with Gasteiger partial charge in [0.25, 0.3) is 0 Å². The van der Waals surface area contributed by atoms with Gasteiger partial charge in [0.15, 0.2) is 0 Å². The van der Waals surface area contributed by atoms with Gasteiger partial charge in [0, 0.05) is 34.4 Å². The van der Waals surface area contributed by atoms with Crippen molar-refractivity contribution in [3.63, 3.8) is 0 Å². The molecule has 2 heterocycles. The summed E-state index contributed by atoms with van der Waals surface area (Å²) in [5.41, 5.74) is 4.43. The van der Waals surface area contributed by atoms with Crippen molar-refractivity contribution in [3.05, 3.63) is 48.7 Å². The first-order chi connectivity index (χ1) is 9.34. The maximum Gasteiger partial charge on any atom is 0.112 e. The first-order valence-corrected chi connectivity index (χ1v) is 6.18. The van der Waals surface area contributed by atoms with E-state index in [1.807, 2.05) is 0 Å². The lowest BCUT2D eigenvalue weighted by molar-refractivity contribution is 0.942. The van der Waals surface area contributed by atoms with Crippen LogP contribution in [0.2, 0.25) is 0 Å². The summed E-state index contributed by atoms with van der Waals surface area (Å²) < 4.78 is 2.22. The number of para-hydroxylation sites is 1. The monoisotopic (exact) mass is 248 g/mol.